The maximum absolute atomic E-state index is 4.55. The van der Waals surface area contributed by atoms with Crippen LogP contribution in [0.15, 0.2) is 22.8 Å². The van der Waals surface area contributed by atoms with Crippen molar-refractivity contribution in [2.75, 3.05) is 13.1 Å². The molecule has 2 nitrogen and oxygen atoms in total. The van der Waals surface area contributed by atoms with Gasteiger partial charge in [0, 0.05) is 16.4 Å². The van der Waals surface area contributed by atoms with E-state index in [9.17, 15) is 0 Å². The molecule has 1 aromatic rings. The van der Waals surface area contributed by atoms with E-state index in [1.54, 1.807) is 0 Å². The number of hydrogen-bond acceptors (Lipinski definition) is 2. The van der Waals surface area contributed by atoms with Gasteiger partial charge >= 0.3 is 0 Å². The van der Waals surface area contributed by atoms with Gasteiger partial charge in [0.1, 0.15) is 0 Å². The van der Waals surface area contributed by atoms with E-state index in [2.05, 4.69) is 45.3 Å². The van der Waals surface area contributed by atoms with Crippen molar-refractivity contribution in [2.45, 2.75) is 45.4 Å². The van der Waals surface area contributed by atoms with Crippen LogP contribution in [0.5, 0.6) is 0 Å². The van der Waals surface area contributed by atoms with Crippen molar-refractivity contribution >= 4 is 15.9 Å². The molecule has 106 valence electrons. The lowest BCUT2D eigenvalue weighted by molar-refractivity contribution is 0.298. The van der Waals surface area contributed by atoms with Crippen molar-refractivity contribution in [3.8, 4) is 0 Å². The lowest BCUT2D eigenvalue weighted by Gasteiger charge is -2.25. The normalized spacial score (nSPS) is 24.1. The van der Waals surface area contributed by atoms with Gasteiger partial charge in [-0.25, -0.2) is 0 Å². The molecule has 0 bridgehead atoms. The van der Waals surface area contributed by atoms with Crippen molar-refractivity contribution in [3.05, 3.63) is 28.5 Å². The van der Waals surface area contributed by atoms with Crippen LogP contribution in [-0.4, -0.2) is 18.1 Å². The fraction of sp³-hybridized carbons (Fsp3) is 0.688. The molecule has 1 aromatic heterocycles. The monoisotopic (exact) mass is 324 g/mol. The van der Waals surface area contributed by atoms with E-state index in [0.29, 0.717) is 0 Å². The molecule has 2 unspecified atom stereocenters. The van der Waals surface area contributed by atoms with Crippen LogP contribution in [0.2, 0.25) is 0 Å². The SMILES string of the molecule is CCNCC1CCCCCC1Cc1ccc(Br)cn1. The first-order valence-corrected chi connectivity index (χ1v) is 8.40. The maximum atomic E-state index is 4.55. The molecule has 0 aliphatic heterocycles. The zero-order valence-electron chi connectivity index (χ0n) is 11.9. The maximum Gasteiger partial charge on any atom is 0.0413 e. The van der Waals surface area contributed by atoms with Gasteiger partial charge in [0.15, 0.2) is 0 Å². The highest BCUT2D eigenvalue weighted by molar-refractivity contribution is 9.10. The molecule has 0 amide bonds. The summed E-state index contributed by atoms with van der Waals surface area (Å²) in [5, 5.41) is 3.54. The van der Waals surface area contributed by atoms with Gasteiger partial charge in [-0.1, -0.05) is 26.2 Å². The standard InChI is InChI=1S/C16H25BrN2/c1-2-18-11-14-7-5-3-4-6-13(14)10-16-9-8-15(17)12-19-16/h8-9,12-14,18H,2-7,10-11H2,1H3. The summed E-state index contributed by atoms with van der Waals surface area (Å²) in [6.07, 6.45) is 10.0. The van der Waals surface area contributed by atoms with Crippen molar-refractivity contribution in [1.29, 1.82) is 0 Å². The third-order valence-electron chi connectivity index (χ3n) is 4.23. The van der Waals surface area contributed by atoms with Gasteiger partial charge in [-0.05, 0) is 72.3 Å². The molecule has 0 radical (unpaired) electrons. The van der Waals surface area contributed by atoms with E-state index in [4.69, 9.17) is 0 Å². The van der Waals surface area contributed by atoms with Crippen LogP contribution in [-0.2, 0) is 6.42 Å². The topological polar surface area (TPSA) is 24.9 Å². The third-order valence-corrected chi connectivity index (χ3v) is 4.70. The second-order valence-electron chi connectivity index (χ2n) is 5.64. The van der Waals surface area contributed by atoms with Crippen LogP contribution >= 0.6 is 15.9 Å². The van der Waals surface area contributed by atoms with Gasteiger partial charge in [0.2, 0.25) is 0 Å². The van der Waals surface area contributed by atoms with E-state index in [-0.39, 0.29) is 0 Å². The Morgan fingerprint density at radius 1 is 1.21 bits per heavy atom. The quantitative estimate of drug-likeness (QED) is 0.821. The summed E-state index contributed by atoms with van der Waals surface area (Å²) in [7, 11) is 0. The van der Waals surface area contributed by atoms with Crippen molar-refractivity contribution in [3.63, 3.8) is 0 Å². The zero-order valence-corrected chi connectivity index (χ0v) is 13.5. The van der Waals surface area contributed by atoms with E-state index >= 15 is 0 Å². The highest BCUT2D eigenvalue weighted by atomic mass is 79.9. The minimum atomic E-state index is 0.801. The lowest BCUT2D eigenvalue weighted by atomic mass is 9.84. The summed E-state index contributed by atoms with van der Waals surface area (Å²) >= 11 is 3.46. The first-order chi connectivity index (χ1) is 9.29. The number of pyridine rings is 1. The number of nitrogens with one attached hydrogen (secondary N) is 1. The largest absolute Gasteiger partial charge is 0.317 e. The second-order valence-corrected chi connectivity index (χ2v) is 6.55. The number of rotatable bonds is 5. The Hall–Kier alpha value is -0.410. The minimum Gasteiger partial charge on any atom is -0.317 e. The Morgan fingerprint density at radius 2 is 2.00 bits per heavy atom. The Labute approximate surface area is 125 Å². The summed E-state index contributed by atoms with van der Waals surface area (Å²) in [4.78, 5) is 4.55. The van der Waals surface area contributed by atoms with Crippen molar-refractivity contribution in [2.24, 2.45) is 11.8 Å². The van der Waals surface area contributed by atoms with Crippen LogP contribution in [0.4, 0.5) is 0 Å². The highest BCUT2D eigenvalue weighted by Gasteiger charge is 2.23. The van der Waals surface area contributed by atoms with E-state index in [1.807, 2.05) is 6.20 Å². The smallest absolute Gasteiger partial charge is 0.0413 e. The second kappa shape index (κ2) is 8.01. The van der Waals surface area contributed by atoms with Crippen LogP contribution in [0.1, 0.15) is 44.7 Å². The molecule has 2 rings (SSSR count). The van der Waals surface area contributed by atoms with Gasteiger partial charge < -0.3 is 5.32 Å². The molecular weight excluding hydrogens is 300 g/mol. The molecule has 1 heterocycles. The average Bonchev–Trinajstić information content (AvgIpc) is 2.64. The van der Waals surface area contributed by atoms with Gasteiger partial charge in [0.25, 0.3) is 0 Å². The Balaban J connectivity index is 1.98. The Morgan fingerprint density at radius 3 is 2.68 bits per heavy atom. The fourth-order valence-corrected chi connectivity index (χ4v) is 3.36. The zero-order chi connectivity index (χ0) is 13.5. The molecular formula is C16H25BrN2. The predicted octanol–water partition coefficient (Wildman–Crippen LogP) is 4.19. The summed E-state index contributed by atoms with van der Waals surface area (Å²) in [6, 6.07) is 4.28. The summed E-state index contributed by atoms with van der Waals surface area (Å²) in [5.41, 5.74) is 1.25. The van der Waals surface area contributed by atoms with Crippen LogP contribution in [0, 0.1) is 11.8 Å². The molecule has 0 spiro atoms. The highest BCUT2D eigenvalue weighted by Crippen LogP contribution is 2.30. The summed E-state index contributed by atoms with van der Waals surface area (Å²) < 4.78 is 1.07. The van der Waals surface area contributed by atoms with E-state index < -0.39 is 0 Å². The Kier molecular flexibility index (Phi) is 6.32. The van der Waals surface area contributed by atoms with Crippen molar-refractivity contribution < 1.29 is 0 Å². The molecule has 1 aliphatic carbocycles. The summed E-state index contributed by atoms with van der Waals surface area (Å²) in [6.45, 7) is 4.46. The molecule has 0 aromatic carbocycles. The van der Waals surface area contributed by atoms with E-state index in [1.165, 1.54) is 44.3 Å². The van der Waals surface area contributed by atoms with Crippen LogP contribution in [0.3, 0.4) is 0 Å². The first-order valence-electron chi connectivity index (χ1n) is 7.60. The number of nitrogens with zero attached hydrogens (tertiary/aromatic N) is 1. The molecule has 1 aliphatic rings. The lowest BCUT2D eigenvalue weighted by Crippen LogP contribution is -2.28. The molecule has 2 atom stereocenters. The Bertz CT molecular complexity index is 364. The van der Waals surface area contributed by atoms with Crippen LogP contribution < -0.4 is 5.32 Å². The van der Waals surface area contributed by atoms with Gasteiger partial charge in [0.05, 0.1) is 0 Å². The van der Waals surface area contributed by atoms with Gasteiger partial charge in [-0.15, -0.1) is 0 Å². The molecule has 1 N–H and O–H groups in total. The number of halogens is 1. The summed E-state index contributed by atoms with van der Waals surface area (Å²) in [5.74, 6) is 1.63. The molecule has 0 saturated heterocycles. The fourth-order valence-electron chi connectivity index (χ4n) is 3.12. The van der Waals surface area contributed by atoms with Gasteiger partial charge in [-0.3, -0.25) is 4.98 Å². The van der Waals surface area contributed by atoms with Crippen LogP contribution in [0.25, 0.3) is 0 Å². The number of aromatic nitrogens is 1. The molecule has 1 fully saturated rings. The first kappa shape index (κ1) is 15.0. The minimum absolute atomic E-state index is 0.801. The molecule has 1 saturated carbocycles. The van der Waals surface area contributed by atoms with E-state index in [0.717, 1.165) is 29.3 Å². The predicted molar refractivity (Wildman–Crippen MR) is 84.2 cm³/mol. The van der Waals surface area contributed by atoms with Gasteiger partial charge in [-0.2, -0.15) is 0 Å². The molecule has 3 heteroatoms. The van der Waals surface area contributed by atoms with Crippen molar-refractivity contribution in [1.82, 2.24) is 10.3 Å². The number of hydrogen-bond donors (Lipinski definition) is 1. The third kappa shape index (κ3) is 4.88. The average molecular weight is 325 g/mol. The molecule has 19 heavy (non-hydrogen) atoms.